The van der Waals surface area contributed by atoms with Crippen LogP contribution in [0, 0.1) is 42.4 Å². The topological polar surface area (TPSA) is 151 Å². The zero-order valence-corrected chi connectivity index (χ0v) is 31.0. The van der Waals surface area contributed by atoms with Gasteiger partial charge in [0.2, 0.25) is 5.91 Å². The lowest BCUT2D eigenvalue weighted by Crippen LogP contribution is -2.43. The first kappa shape index (κ1) is 37.9. The predicted octanol–water partition coefficient (Wildman–Crippen LogP) is 7.29. The number of aromatic nitrogens is 1. The van der Waals surface area contributed by atoms with Crippen molar-refractivity contribution in [2.45, 2.75) is 120 Å². The smallest absolute Gasteiger partial charge is 0.342 e. The van der Waals surface area contributed by atoms with Crippen molar-refractivity contribution in [1.29, 1.82) is 0 Å². The highest BCUT2D eigenvalue weighted by Gasteiger charge is 2.38. The minimum Gasteiger partial charge on any atom is -0.458 e. The first-order valence-corrected chi connectivity index (χ1v) is 18.1. The number of urea groups is 1. The molecule has 4 unspecified atom stereocenters. The van der Waals surface area contributed by atoms with Gasteiger partial charge in [-0.15, -0.1) is 0 Å². The largest absolute Gasteiger partial charge is 0.458 e. The summed E-state index contributed by atoms with van der Waals surface area (Å²) in [6, 6.07) is -0.464. The number of nitrogens with zero attached hydrogens (tertiary/aromatic N) is 1. The fraction of sp³-hybridized carbons (Fsp3) is 0.658. The van der Waals surface area contributed by atoms with Gasteiger partial charge in [0.15, 0.2) is 0 Å². The fourth-order valence-corrected chi connectivity index (χ4v) is 8.22. The van der Waals surface area contributed by atoms with E-state index in [1.165, 1.54) is 6.92 Å². The third-order valence-electron chi connectivity index (χ3n) is 10.4. The van der Waals surface area contributed by atoms with E-state index >= 15 is 0 Å². The summed E-state index contributed by atoms with van der Waals surface area (Å²) in [6.45, 7) is 20.3. The lowest BCUT2D eigenvalue weighted by molar-refractivity contribution is -0.152. The van der Waals surface area contributed by atoms with E-state index in [-0.39, 0.29) is 64.6 Å². The third-order valence-corrected chi connectivity index (χ3v) is 10.4. The number of amides is 3. The quantitative estimate of drug-likeness (QED) is 0.159. The van der Waals surface area contributed by atoms with Gasteiger partial charge in [-0.3, -0.25) is 10.1 Å². The van der Waals surface area contributed by atoms with Crippen LogP contribution in [0.5, 0.6) is 0 Å². The number of hydrogen-bond donors (Lipinski definition) is 4. The number of allylic oxidation sites excluding steroid dienone is 1. The lowest BCUT2D eigenvalue weighted by Gasteiger charge is -2.37. The molecule has 4 N–H and O–H groups in total. The van der Waals surface area contributed by atoms with Crippen LogP contribution >= 0.6 is 0 Å². The SMILES string of the molecule is CCCCNC(=O)NC1=NC(=Cc2[nH]c(NC(C)=O)c(C(=O)OC3C(C)CC(C)CC3C)c2C)C(C)=C1C(=O)OC1C(C)CC(C)CC1C. The molecule has 49 heavy (non-hydrogen) atoms. The molecule has 1 aromatic rings. The van der Waals surface area contributed by atoms with Crippen LogP contribution in [0.3, 0.4) is 0 Å². The van der Waals surface area contributed by atoms with Crippen LogP contribution in [-0.4, -0.2) is 53.4 Å². The number of unbranched alkanes of at least 4 members (excludes halogenated alkanes) is 1. The molecule has 2 saturated carbocycles. The van der Waals surface area contributed by atoms with E-state index in [2.05, 4.69) is 62.5 Å². The van der Waals surface area contributed by atoms with E-state index in [1.807, 2.05) is 6.92 Å². The Labute approximate surface area is 291 Å². The number of rotatable bonds is 9. The number of H-pyrrole nitrogens is 1. The fourth-order valence-electron chi connectivity index (χ4n) is 8.22. The molecule has 1 aliphatic heterocycles. The van der Waals surface area contributed by atoms with Crippen molar-refractivity contribution in [1.82, 2.24) is 15.6 Å². The summed E-state index contributed by atoms with van der Waals surface area (Å²) < 4.78 is 12.3. The highest BCUT2D eigenvalue weighted by Crippen LogP contribution is 2.38. The molecule has 2 heterocycles. The van der Waals surface area contributed by atoms with Gasteiger partial charge >= 0.3 is 18.0 Å². The van der Waals surface area contributed by atoms with Gasteiger partial charge in [0.1, 0.15) is 35.0 Å². The van der Waals surface area contributed by atoms with Crippen molar-refractivity contribution >= 4 is 41.6 Å². The molecule has 0 saturated heterocycles. The van der Waals surface area contributed by atoms with Gasteiger partial charge in [0, 0.05) is 19.2 Å². The molecular weight excluding hydrogens is 622 g/mol. The first-order chi connectivity index (χ1) is 23.1. The van der Waals surface area contributed by atoms with E-state index < -0.39 is 18.0 Å². The highest BCUT2D eigenvalue weighted by atomic mass is 16.5. The zero-order chi connectivity index (χ0) is 36.2. The number of amidine groups is 1. The summed E-state index contributed by atoms with van der Waals surface area (Å²) in [5.41, 5.74) is 2.45. The maximum absolute atomic E-state index is 13.9. The number of aromatic amines is 1. The van der Waals surface area contributed by atoms with Crippen LogP contribution in [0.4, 0.5) is 10.6 Å². The molecule has 1 aromatic heterocycles. The zero-order valence-electron chi connectivity index (χ0n) is 31.0. The molecule has 4 atom stereocenters. The van der Waals surface area contributed by atoms with Crippen molar-refractivity contribution in [2.24, 2.45) is 40.5 Å². The molecule has 11 heteroatoms. The second-order valence-electron chi connectivity index (χ2n) is 15.1. The maximum Gasteiger partial charge on any atom is 0.342 e. The van der Waals surface area contributed by atoms with Gasteiger partial charge < -0.3 is 25.1 Å². The van der Waals surface area contributed by atoms with E-state index in [0.717, 1.165) is 38.5 Å². The van der Waals surface area contributed by atoms with Crippen LogP contribution in [0.1, 0.15) is 122 Å². The van der Waals surface area contributed by atoms with Gasteiger partial charge in [0.05, 0.1) is 5.70 Å². The molecule has 0 bridgehead atoms. The Kier molecular flexibility index (Phi) is 12.5. The number of carbonyl (C=O) groups is 4. The molecule has 2 aliphatic carbocycles. The second kappa shape index (κ2) is 16.2. The second-order valence-corrected chi connectivity index (χ2v) is 15.1. The number of carbonyl (C=O) groups excluding carboxylic acids is 4. The monoisotopic (exact) mass is 679 g/mol. The Morgan fingerprint density at radius 3 is 1.88 bits per heavy atom. The number of ether oxygens (including phenoxy) is 2. The molecule has 270 valence electrons. The number of nitrogens with one attached hydrogen (secondary N) is 4. The molecule has 2 fully saturated rings. The van der Waals surface area contributed by atoms with Gasteiger partial charge in [-0.05, 0) is 98.7 Å². The van der Waals surface area contributed by atoms with Gasteiger partial charge in [-0.1, -0.05) is 54.9 Å². The van der Waals surface area contributed by atoms with Crippen molar-refractivity contribution in [3.63, 3.8) is 0 Å². The standard InChI is InChI=1S/C38H57N5O6/c1-11-12-13-39-38(47)43-35-31(37(46)49-33-23(6)16-20(3)17-24(33)7)26(9)29(42-35)18-28-25(8)30(34(41-28)40-27(10)44)36(45)48-32-21(4)14-19(2)15-22(32)5/h18-24,32-33,41H,11-17H2,1-10H3,(H,40,44)(H2,39,42,43,47). The minimum absolute atomic E-state index is 0.104. The molecule has 3 aliphatic rings. The maximum atomic E-state index is 13.9. The predicted molar refractivity (Wildman–Crippen MR) is 192 cm³/mol. The van der Waals surface area contributed by atoms with Crippen molar-refractivity contribution in [3.8, 4) is 0 Å². The Balaban J connectivity index is 1.70. The summed E-state index contributed by atoms with van der Waals surface area (Å²) in [7, 11) is 0. The van der Waals surface area contributed by atoms with E-state index in [0.29, 0.717) is 40.9 Å². The summed E-state index contributed by atoms with van der Waals surface area (Å²) >= 11 is 0. The Morgan fingerprint density at radius 2 is 1.37 bits per heavy atom. The van der Waals surface area contributed by atoms with Crippen molar-refractivity contribution in [3.05, 3.63) is 33.7 Å². The van der Waals surface area contributed by atoms with Crippen LogP contribution < -0.4 is 16.0 Å². The molecule has 4 rings (SSSR count). The highest BCUT2D eigenvalue weighted by molar-refractivity contribution is 6.25. The molecule has 0 radical (unpaired) electrons. The Bertz CT molecular complexity index is 1500. The normalized spacial score (nSPS) is 29.3. The molecule has 0 aromatic carbocycles. The first-order valence-electron chi connectivity index (χ1n) is 18.1. The van der Waals surface area contributed by atoms with Gasteiger partial charge in [0.25, 0.3) is 0 Å². The molecule has 3 amide bonds. The average Bonchev–Trinajstić information content (AvgIpc) is 3.46. The van der Waals surface area contributed by atoms with Gasteiger partial charge in [-0.2, -0.15) is 0 Å². The summed E-state index contributed by atoms with van der Waals surface area (Å²) in [4.78, 5) is 60.5. The summed E-state index contributed by atoms with van der Waals surface area (Å²) in [6.07, 6.45) is 6.84. The Hall–Kier alpha value is -3.89. The van der Waals surface area contributed by atoms with Crippen molar-refractivity contribution in [2.75, 3.05) is 11.9 Å². The molecular formula is C38H57N5O6. The third kappa shape index (κ3) is 9.02. The number of esters is 2. The summed E-state index contributed by atoms with van der Waals surface area (Å²) in [5.74, 6) is 0.868. The minimum atomic E-state index is -0.539. The lowest BCUT2D eigenvalue weighted by atomic mass is 9.75. The summed E-state index contributed by atoms with van der Waals surface area (Å²) in [5, 5.41) is 8.34. The number of aliphatic imine (C=N–C) groups is 1. The van der Waals surface area contributed by atoms with Crippen molar-refractivity contribution < 1.29 is 28.7 Å². The number of anilines is 1. The Morgan fingerprint density at radius 1 is 0.837 bits per heavy atom. The van der Waals surface area contributed by atoms with E-state index in [4.69, 9.17) is 14.5 Å². The van der Waals surface area contributed by atoms with E-state index in [1.54, 1.807) is 19.9 Å². The van der Waals surface area contributed by atoms with E-state index in [9.17, 15) is 19.2 Å². The van der Waals surface area contributed by atoms with Crippen LogP contribution in [0.15, 0.2) is 21.8 Å². The van der Waals surface area contributed by atoms with Gasteiger partial charge in [-0.25, -0.2) is 19.4 Å². The molecule has 11 nitrogen and oxygen atoms in total. The molecule has 0 spiro atoms. The average molecular weight is 680 g/mol. The number of hydrogen-bond acceptors (Lipinski definition) is 7. The van der Waals surface area contributed by atoms with Crippen LogP contribution in [0.2, 0.25) is 0 Å². The van der Waals surface area contributed by atoms with Crippen LogP contribution in [-0.2, 0) is 19.1 Å². The van der Waals surface area contributed by atoms with Crippen LogP contribution in [0.25, 0.3) is 6.08 Å².